The number of rotatable bonds is 2. The van der Waals surface area contributed by atoms with E-state index in [0.717, 1.165) is 27.9 Å². The SMILES string of the molecule is Cc1ccc(Cl)c(-c2[nH]ncc2-c2ccncc2)c1. The van der Waals surface area contributed by atoms with Crippen molar-refractivity contribution in [2.24, 2.45) is 0 Å². The molecule has 0 amide bonds. The van der Waals surface area contributed by atoms with Gasteiger partial charge in [0.2, 0.25) is 0 Å². The van der Waals surface area contributed by atoms with E-state index in [1.165, 1.54) is 0 Å². The van der Waals surface area contributed by atoms with Gasteiger partial charge in [0.1, 0.15) is 0 Å². The largest absolute Gasteiger partial charge is 0.277 e. The van der Waals surface area contributed by atoms with E-state index in [1.54, 1.807) is 12.4 Å². The summed E-state index contributed by atoms with van der Waals surface area (Å²) in [6.07, 6.45) is 5.34. The van der Waals surface area contributed by atoms with Gasteiger partial charge in [0.05, 0.1) is 11.9 Å². The first-order valence-electron chi connectivity index (χ1n) is 5.96. The minimum Gasteiger partial charge on any atom is -0.277 e. The Hall–Kier alpha value is -2.13. The lowest BCUT2D eigenvalue weighted by molar-refractivity contribution is 1.09. The maximum absolute atomic E-state index is 6.29. The Morgan fingerprint density at radius 1 is 1.05 bits per heavy atom. The van der Waals surface area contributed by atoms with Crippen molar-refractivity contribution in [1.29, 1.82) is 0 Å². The van der Waals surface area contributed by atoms with Crippen LogP contribution < -0.4 is 0 Å². The lowest BCUT2D eigenvalue weighted by Gasteiger charge is -2.06. The van der Waals surface area contributed by atoms with Gasteiger partial charge in [-0.05, 0) is 36.8 Å². The first kappa shape index (κ1) is 11.9. The van der Waals surface area contributed by atoms with Gasteiger partial charge in [-0.15, -0.1) is 0 Å². The molecule has 0 saturated heterocycles. The summed E-state index contributed by atoms with van der Waals surface area (Å²) in [5.74, 6) is 0. The molecule has 0 fully saturated rings. The van der Waals surface area contributed by atoms with Crippen molar-refractivity contribution in [3.05, 3.63) is 59.5 Å². The average Bonchev–Trinajstić information content (AvgIpc) is 2.91. The lowest BCUT2D eigenvalue weighted by Crippen LogP contribution is -1.86. The van der Waals surface area contributed by atoms with E-state index in [9.17, 15) is 0 Å². The Kier molecular flexibility index (Phi) is 3.05. The first-order chi connectivity index (χ1) is 9.25. The molecule has 19 heavy (non-hydrogen) atoms. The summed E-state index contributed by atoms with van der Waals surface area (Å²) in [6, 6.07) is 9.87. The number of nitrogens with one attached hydrogen (secondary N) is 1. The second kappa shape index (κ2) is 4.86. The third-order valence-electron chi connectivity index (χ3n) is 3.02. The molecule has 0 aliphatic rings. The second-order valence-electron chi connectivity index (χ2n) is 4.38. The van der Waals surface area contributed by atoms with Gasteiger partial charge in [0, 0.05) is 28.5 Å². The van der Waals surface area contributed by atoms with Crippen LogP contribution in [0.3, 0.4) is 0 Å². The number of H-pyrrole nitrogens is 1. The van der Waals surface area contributed by atoms with Crippen LogP contribution in [0.5, 0.6) is 0 Å². The van der Waals surface area contributed by atoms with Crippen molar-refractivity contribution in [2.75, 3.05) is 0 Å². The van der Waals surface area contributed by atoms with E-state index in [2.05, 4.69) is 21.2 Å². The highest BCUT2D eigenvalue weighted by Crippen LogP contribution is 2.34. The molecule has 0 radical (unpaired) electrons. The van der Waals surface area contributed by atoms with Gasteiger partial charge >= 0.3 is 0 Å². The zero-order chi connectivity index (χ0) is 13.2. The molecule has 3 aromatic rings. The molecule has 0 spiro atoms. The summed E-state index contributed by atoms with van der Waals surface area (Å²) in [5.41, 5.74) is 5.15. The molecule has 0 aliphatic carbocycles. The third kappa shape index (κ3) is 2.25. The standard InChI is InChI=1S/C15H12ClN3/c1-10-2-3-14(16)12(8-10)15-13(9-18-19-15)11-4-6-17-7-5-11/h2-9H,1H3,(H,18,19). The monoisotopic (exact) mass is 269 g/mol. The molecular weight excluding hydrogens is 258 g/mol. The molecule has 0 unspecified atom stereocenters. The number of halogens is 1. The van der Waals surface area contributed by atoms with E-state index in [1.807, 2.05) is 37.4 Å². The molecular formula is C15H12ClN3. The minimum atomic E-state index is 0.713. The van der Waals surface area contributed by atoms with Gasteiger partial charge in [0.25, 0.3) is 0 Å². The Morgan fingerprint density at radius 3 is 2.63 bits per heavy atom. The van der Waals surface area contributed by atoms with Gasteiger partial charge in [-0.2, -0.15) is 5.10 Å². The number of hydrogen-bond donors (Lipinski definition) is 1. The summed E-state index contributed by atoms with van der Waals surface area (Å²) in [7, 11) is 0. The Morgan fingerprint density at radius 2 is 1.84 bits per heavy atom. The zero-order valence-electron chi connectivity index (χ0n) is 10.4. The zero-order valence-corrected chi connectivity index (χ0v) is 11.1. The van der Waals surface area contributed by atoms with Crippen LogP contribution in [0.1, 0.15) is 5.56 Å². The Bertz CT molecular complexity index is 704. The van der Waals surface area contributed by atoms with Gasteiger partial charge in [-0.25, -0.2) is 0 Å². The molecule has 2 aromatic heterocycles. The molecule has 1 N–H and O–H groups in total. The number of aryl methyl sites for hydroxylation is 1. The van der Waals surface area contributed by atoms with Crippen molar-refractivity contribution in [1.82, 2.24) is 15.2 Å². The maximum atomic E-state index is 6.29. The highest BCUT2D eigenvalue weighted by Gasteiger charge is 2.12. The molecule has 3 nitrogen and oxygen atoms in total. The maximum Gasteiger partial charge on any atom is 0.0743 e. The summed E-state index contributed by atoms with van der Waals surface area (Å²) in [4.78, 5) is 4.03. The molecule has 0 saturated carbocycles. The first-order valence-corrected chi connectivity index (χ1v) is 6.34. The molecule has 2 heterocycles. The van der Waals surface area contributed by atoms with Crippen LogP contribution in [-0.4, -0.2) is 15.2 Å². The van der Waals surface area contributed by atoms with Crippen LogP contribution in [0.2, 0.25) is 5.02 Å². The molecule has 4 heteroatoms. The van der Waals surface area contributed by atoms with Crippen LogP contribution >= 0.6 is 11.6 Å². The van der Waals surface area contributed by atoms with Gasteiger partial charge in [-0.3, -0.25) is 10.1 Å². The second-order valence-corrected chi connectivity index (χ2v) is 4.79. The van der Waals surface area contributed by atoms with Gasteiger partial charge in [0.15, 0.2) is 0 Å². The van der Waals surface area contributed by atoms with Crippen molar-refractivity contribution in [2.45, 2.75) is 6.92 Å². The molecule has 0 atom stereocenters. The molecule has 3 rings (SSSR count). The summed E-state index contributed by atoms with van der Waals surface area (Å²) in [5, 5.41) is 7.89. The van der Waals surface area contributed by atoms with Crippen LogP contribution in [-0.2, 0) is 0 Å². The molecule has 94 valence electrons. The van der Waals surface area contributed by atoms with Crippen molar-refractivity contribution < 1.29 is 0 Å². The van der Waals surface area contributed by atoms with E-state index < -0.39 is 0 Å². The van der Waals surface area contributed by atoms with E-state index >= 15 is 0 Å². The number of nitrogens with zero attached hydrogens (tertiary/aromatic N) is 2. The van der Waals surface area contributed by atoms with Crippen LogP contribution in [0.15, 0.2) is 48.9 Å². The number of aromatic nitrogens is 3. The summed E-state index contributed by atoms with van der Waals surface area (Å²) >= 11 is 6.29. The average molecular weight is 270 g/mol. The Balaban J connectivity index is 2.18. The smallest absolute Gasteiger partial charge is 0.0743 e. The highest BCUT2D eigenvalue weighted by atomic mass is 35.5. The van der Waals surface area contributed by atoms with Crippen LogP contribution in [0.25, 0.3) is 22.4 Å². The fraction of sp³-hybridized carbons (Fsp3) is 0.0667. The molecule has 1 aromatic carbocycles. The predicted molar refractivity (Wildman–Crippen MR) is 77.0 cm³/mol. The Labute approximate surface area is 116 Å². The fourth-order valence-corrected chi connectivity index (χ4v) is 2.28. The van der Waals surface area contributed by atoms with Crippen LogP contribution in [0.4, 0.5) is 0 Å². The number of benzene rings is 1. The van der Waals surface area contributed by atoms with E-state index in [0.29, 0.717) is 5.02 Å². The molecule has 0 bridgehead atoms. The number of hydrogen-bond acceptors (Lipinski definition) is 2. The summed E-state index contributed by atoms with van der Waals surface area (Å²) < 4.78 is 0. The van der Waals surface area contributed by atoms with Crippen LogP contribution in [0, 0.1) is 6.92 Å². The quantitative estimate of drug-likeness (QED) is 0.761. The predicted octanol–water partition coefficient (Wildman–Crippen LogP) is 4.10. The van der Waals surface area contributed by atoms with Gasteiger partial charge < -0.3 is 0 Å². The fourth-order valence-electron chi connectivity index (χ4n) is 2.07. The van der Waals surface area contributed by atoms with E-state index in [4.69, 9.17) is 11.6 Å². The van der Waals surface area contributed by atoms with Crippen molar-refractivity contribution in [3.63, 3.8) is 0 Å². The van der Waals surface area contributed by atoms with Crippen molar-refractivity contribution in [3.8, 4) is 22.4 Å². The van der Waals surface area contributed by atoms with Gasteiger partial charge in [-0.1, -0.05) is 23.2 Å². The van der Waals surface area contributed by atoms with Crippen molar-refractivity contribution >= 4 is 11.6 Å². The normalized spacial score (nSPS) is 10.6. The van der Waals surface area contributed by atoms with E-state index in [-0.39, 0.29) is 0 Å². The lowest BCUT2D eigenvalue weighted by atomic mass is 10.0. The third-order valence-corrected chi connectivity index (χ3v) is 3.35. The highest BCUT2D eigenvalue weighted by molar-refractivity contribution is 6.33. The minimum absolute atomic E-state index is 0.713. The molecule has 0 aliphatic heterocycles. The summed E-state index contributed by atoms with van der Waals surface area (Å²) in [6.45, 7) is 2.04. The number of aromatic amines is 1. The number of pyridine rings is 1. The topological polar surface area (TPSA) is 41.6 Å².